The molecule has 1 atom stereocenters. The van der Waals surface area contributed by atoms with Gasteiger partial charge in [0.05, 0.1) is 11.0 Å². The van der Waals surface area contributed by atoms with E-state index in [1.165, 1.54) is 0 Å². The Morgan fingerprint density at radius 2 is 2.00 bits per heavy atom. The fourth-order valence-corrected chi connectivity index (χ4v) is 2.94. The predicted molar refractivity (Wildman–Crippen MR) is 65.3 cm³/mol. The third-order valence-electron chi connectivity index (χ3n) is 2.82. The van der Waals surface area contributed by atoms with Crippen LogP contribution >= 0.6 is 0 Å². The fraction of sp³-hybridized carbons (Fsp3) is 0.500. The van der Waals surface area contributed by atoms with E-state index >= 15 is 0 Å². The fourth-order valence-electron chi connectivity index (χ4n) is 1.84. The van der Waals surface area contributed by atoms with Gasteiger partial charge < -0.3 is 5.32 Å². The minimum Gasteiger partial charge on any atom is -0.314 e. The molecule has 2 rings (SSSR count). The second-order valence-corrected chi connectivity index (χ2v) is 5.90. The summed E-state index contributed by atoms with van der Waals surface area (Å²) >= 11 is 0. The SMILES string of the molecule is Cc1ccc(S(=O)(=O)OC2CCCNC2)cc1. The first-order valence-corrected chi connectivity index (χ1v) is 7.19. The van der Waals surface area contributed by atoms with Gasteiger partial charge in [0.1, 0.15) is 0 Å². The molecule has 1 N–H and O–H groups in total. The first-order chi connectivity index (χ1) is 8.08. The van der Waals surface area contributed by atoms with Crippen molar-refractivity contribution < 1.29 is 12.6 Å². The number of hydrogen-bond donors (Lipinski definition) is 1. The van der Waals surface area contributed by atoms with Gasteiger partial charge in [-0.15, -0.1) is 0 Å². The van der Waals surface area contributed by atoms with Crippen molar-refractivity contribution in [3.63, 3.8) is 0 Å². The van der Waals surface area contributed by atoms with Gasteiger partial charge in [-0.2, -0.15) is 8.42 Å². The molecule has 0 bridgehead atoms. The highest BCUT2D eigenvalue weighted by molar-refractivity contribution is 7.86. The number of rotatable bonds is 3. The molecular weight excluding hydrogens is 238 g/mol. The summed E-state index contributed by atoms with van der Waals surface area (Å²) in [5, 5.41) is 3.13. The average molecular weight is 255 g/mol. The molecule has 17 heavy (non-hydrogen) atoms. The van der Waals surface area contributed by atoms with Crippen LogP contribution in [0.15, 0.2) is 29.2 Å². The maximum absolute atomic E-state index is 12.0. The lowest BCUT2D eigenvalue weighted by Gasteiger charge is -2.22. The Hall–Kier alpha value is -0.910. The van der Waals surface area contributed by atoms with Crippen LogP contribution in [0.1, 0.15) is 18.4 Å². The molecule has 5 heteroatoms. The minimum atomic E-state index is -3.62. The van der Waals surface area contributed by atoms with Crippen LogP contribution in [0.2, 0.25) is 0 Å². The van der Waals surface area contributed by atoms with Crippen LogP contribution in [0.25, 0.3) is 0 Å². The van der Waals surface area contributed by atoms with Gasteiger partial charge in [-0.25, -0.2) is 0 Å². The molecule has 0 aliphatic carbocycles. The second kappa shape index (κ2) is 5.16. The number of piperidine rings is 1. The molecule has 1 fully saturated rings. The minimum absolute atomic E-state index is 0.230. The molecule has 0 amide bonds. The van der Waals surface area contributed by atoms with E-state index < -0.39 is 10.1 Å². The molecular formula is C12H17NO3S. The molecule has 1 aliphatic rings. The summed E-state index contributed by atoms with van der Waals surface area (Å²) in [5.41, 5.74) is 1.03. The monoisotopic (exact) mass is 255 g/mol. The van der Waals surface area contributed by atoms with Crippen LogP contribution in [0.5, 0.6) is 0 Å². The summed E-state index contributed by atoms with van der Waals surface area (Å²) in [6.45, 7) is 3.46. The third kappa shape index (κ3) is 3.28. The zero-order valence-corrected chi connectivity index (χ0v) is 10.7. The van der Waals surface area contributed by atoms with Crippen LogP contribution in [-0.2, 0) is 14.3 Å². The van der Waals surface area contributed by atoms with Crippen molar-refractivity contribution in [3.05, 3.63) is 29.8 Å². The van der Waals surface area contributed by atoms with Crippen molar-refractivity contribution in [2.75, 3.05) is 13.1 Å². The summed E-state index contributed by atoms with van der Waals surface area (Å²) < 4.78 is 29.1. The van der Waals surface area contributed by atoms with Gasteiger partial charge in [-0.05, 0) is 38.4 Å². The number of aryl methyl sites for hydroxylation is 1. The van der Waals surface area contributed by atoms with E-state index in [9.17, 15) is 8.42 Å². The Morgan fingerprint density at radius 3 is 2.59 bits per heavy atom. The standard InChI is InChI=1S/C12H17NO3S/c1-10-4-6-12(7-5-10)17(14,15)16-11-3-2-8-13-9-11/h4-7,11,13H,2-3,8-9H2,1H3. The van der Waals surface area contributed by atoms with Crippen molar-refractivity contribution >= 4 is 10.1 Å². The normalized spacial score (nSPS) is 21.4. The molecule has 94 valence electrons. The molecule has 1 saturated heterocycles. The highest BCUT2D eigenvalue weighted by atomic mass is 32.2. The van der Waals surface area contributed by atoms with Gasteiger partial charge in [0, 0.05) is 6.54 Å². The number of benzene rings is 1. The molecule has 1 aliphatic heterocycles. The van der Waals surface area contributed by atoms with Gasteiger partial charge in [-0.1, -0.05) is 17.7 Å². The van der Waals surface area contributed by atoms with Crippen LogP contribution in [0.3, 0.4) is 0 Å². The van der Waals surface area contributed by atoms with Crippen molar-refractivity contribution in [2.45, 2.75) is 30.8 Å². The smallest absolute Gasteiger partial charge is 0.297 e. The Morgan fingerprint density at radius 1 is 1.29 bits per heavy atom. The van der Waals surface area contributed by atoms with E-state index in [1.807, 2.05) is 6.92 Å². The van der Waals surface area contributed by atoms with Crippen LogP contribution < -0.4 is 5.32 Å². The summed E-state index contributed by atoms with van der Waals surface area (Å²) in [4.78, 5) is 0.230. The average Bonchev–Trinajstić information content (AvgIpc) is 2.30. The van der Waals surface area contributed by atoms with Gasteiger partial charge in [-0.3, -0.25) is 4.18 Å². The second-order valence-electron chi connectivity index (χ2n) is 4.33. The van der Waals surface area contributed by atoms with Crippen LogP contribution in [-0.4, -0.2) is 27.6 Å². The quantitative estimate of drug-likeness (QED) is 0.831. The molecule has 0 aromatic heterocycles. The lowest BCUT2D eigenvalue weighted by atomic mass is 10.1. The zero-order chi connectivity index (χ0) is 12.3. The Labute approximate surface area is 102 Å². The molecule has 0 radical (unpaired) electrons. The summed E-state index contributed by atoms with van der Waals surface area (Å²) in [7, 11) is -3.62. The van der Waals surface area contributed by atoms with Crippen molar-refractivity contribution in [3.8, 4) is 0 Å². The van der Waals surface area contributed by atoms with Gasteiger partial charge in [0.15, 0.2) is 0 Å². The zero-order valence-electron chi connectivity index (χ0n) is 9.85. The van der Waals surface area contributed by atoms with E-state index in [1.54, 1.807) is 24.3 Å². The van der Waals surface area contributed by atoms with E-state index in [4.69, 9.17) is 4.18 Å². The number of hydrogen-bond acceptors (Lipinski definition) is 4. The first-order valence-electron chi connectivity index (χ1n) is 5.78. The van der Waals surface area contributed by atoms with E-state index in [0.29, 0.717) is 6.54 Å². The Balaban J connectivity index is 2.10. The largest absolute Gasteiger partial charge is 0.314 e. The molecule has 1 heterocycles. The molecule has 1 aromatic carbocycles. The topological polar surface area (TPSA) is 55.4 Å². The predicted octanol–water partition coefficient (Wildman–Crippen LogP) is 1.45. The molecule has 4 nitrogen and oxygen atoms in total. The first kappa shape index (κ1) is 12.5. The maximum Gasteiger partial charge on any atom is 0.297 e. The highest BCUT2D eigenvalue weighted by Crippen LogP contribution is 2.17. The molecule has 1 aromatic rings. The summed E-state index contributed by atoms with van der Waals surface area (Å²) in [5.74, 6) is 0. The lowest BCUT2D eigenvalue weighted by Crippen LogP contribution is -2.36. The van der Waals surface area contributed by atoms with Crippen molar-refractivity contribution in [1.82, 2.24) is 5.32 Å². The summed E-state index contributed by atoms with van der Waals surface area (Å²) in [6.07, 6.45) is 1.50. The van der Waals surface area contributed by atoms with Crippen LogP contribution in [0, 0.1) is 6.92 Å². The maximum atomic E-state index is 12.0. The van der Waals surface area contributed by atoms with Crippen molar-refractivity contribution in [2.24, 2.45) is 0 Å². The van der Waals surface area contributed by atoms with Gasteiger partial charge in [0.2, 0.25) is 0 Å². The van der Waals surface area contributed by atoms with E-state index in [2.05, 4.69) is 5.32 Å². The third-order valence-corrected chi connectivity index (χ3v) is 4.20. The Bertz CT molecular complexity index is 461. The van der Waals surface area contributed by atoms with Crippen molar-refractivity contribution in [1.29, 1.82) is 0 Å². The lowest BCUT2D eigenvalue weighted by molar-refractivity contribution is 0.174. The molecule has 0 saturated carbocycles. The van der Waals surface area contributed by atoms with E-state index in [0.717, 1.165) is 24.9 Å². The Kier molecular flexibility index (Phi) is 3.81. The summed E-state index contributed by atoms with van der Waals surface area (Å²) in [6, 6.07) is 6.71. The molecule has 1 unspecified atom stereocenters. The highest BCUT2D eigenvalue weighted by Gasteiger charge is 2.23. The van der Waals surface area contributed by atoms with Crippen LogP contribution in [0.4, 0.5) is 0 Å². The van der Waals surface area contributed by atoms with Gasteiger partial charge >= 0.3 is 0 Å². The van der Waals surface area contributed by atoms with E-state index in [-0.39, 0.29) is 11.0 Å². The van der Waals surface area contributed by atoms with Gasteiger partial charge in [0.25, 0.3) is 10.1 Å². The molecule has 0 spiro atoms. The number of nitrogens with one attached hydrogen (secondary N) is 1.